The van der Waals surface area contributed by atoms with Crippen molar-refractivity contribution in [3.05, 3.63) is 98.5 Å². The summed E-state index contributed by atoms with van der Waals surface area (Å²) in [5.41, 5.74) is 1.57. The zero-order valence-corrected chi connectivity index (χ0v) is 20.2. The summed E-state index contributed by atoms with van der Waals surface area (Å²) in [6.07, 6.45) is 0. The third-order valence-electron chi connectivity index (χ3n) is 5.62. The number of fused-ring (bicyclic) bond motifs is 1. The number of amides is 1. The van der Waals surface area contributed by atoms with E-state index in [2.05, 4.69) is 4.98 Å². The van der Waals surface area contributed by atoms with Crippen molar-refractivity contribution < 1.29 is 23.5 Å². The Morgan fingerprint density at radius 2 is 1.77 bits per heavy atom. The van der Waals surface area contributed by atoms with E-state index in [1.54, 1.807) is 18.2 Å². The number of halogens is 4. The van der Waals surface area contributed by atoms with Gasteiger partial charge in [-0.05, 0) is 36.8 Å². The van der Waals surface area contributed by atoms with Crippen LogP contribution < -0.4 is 4.90 Å². The number of carbonyl (C=O) groups excluding carboxylic acids is 2. The second-order valence-corrected chi connectivity index (χ2v) is 9.77. The first-order chi connectivity index (χ1) is 16.7. The monoisotopic (exact) mass is 530 g/mol. The highest BCUT2D eigenvalue weighted by molar-refractivity contribution is 7.22. The van der Waals surface area contributed by atoms with Crippen molar-refractivity contribution in [1.82, 2.24) is 4.98 Å². The molecule has 1 fully saturated rings. The van der Waals surface area contributed by atoms with Gasteiger partial charge in [0.1, 0.15) is 5.76 Å². The maximum absolute atomic E-state index is 13.8. The van der Waals surface area contributed by atoms with E-state index in [4.69, 9.17) is 23.2 Å². The Morgan fingerprint density at radius 1 is 1.03 bits per heavy atom. The van der Waals surface area contributed by atoms with Gasteiger partial charge in [0.2, 0.25) is 0 Å². The first kappa shape index (κ1) is 23.4. The number of Topliss-reactive ketones (excluding diaryl/α,β-unsaturated/α-hetero) is 1. The molecule has 1 atom stereocenters. The van der Waals surface area contributed by atoms with E-state index in [9.17, 15) is 23.5 Å². The van der Waals surface area contributed by atoms with Gasteiger partial charge in [0.25, 0.3) is 5.78 Å². The fourth-order valence-electron chi connectivity index (χ4n) is 4.00. The lowest BCUT2D eigenvalue weighted by atomic mass is 9.94. The van der Waals surface area contributed by atoms with E-state index >= 15 is 0 Å². The van der Waals surface area contributed by atoms with E-state index in [0.717, 1.165) is 33.9 Å². The number of aliphatic hydroxyl groups is 1. The van der Waals surface area contributed by atoms with Crippen molar-refractivity contribution in [3.63, 3.8) is 0 Å². The molecule has 0 saturated carbocycles. The first-order valence-electron chi connectivity index (χ1n) is 10.2. The lowest BCUT2D eigenvalue weighted by molar-refractivity contribution is -0.132. The summed E-state index contributed by atoms with van der Waals surface area (Å²) < 4.78 is 27.9. The molecule has 0 bridgehead atoms. The molecule has 35 heavy (non-hydrogen) atoms. The molecule has 1 aliphatic rings. The van der Waals surface area contributed by atoms with Crippen molar-refractivity contribution >= 4 is 67.3 Å². The number of hydrogen-bond donors (Lipinski definition) is 1. The Bertz CT molecular complexity index is 1550. The van der Waals surface area contributed by atoms with Gasteiger partial charge in [0, 0.05) is 11.6 Å². The average Bonchev–Trinajstić information content (AvgIpc) is 3.33. The van der Waals surface area contributed by atoms with Gasteiger partial charge >= 0.3 is 5.91 Å². The van der Waals surface area contributed by atoms with Crippen molar-refractivity contribution in [1.29, 1.82) is 0 Å². The maximum Gasteiger partial charge on any atom is 0.301 e. The fourth-order valence-corrected chi connectivity index (χ4v) is 5.30. The topological polar surface area (TPSA) is 70.5 Å². The summed E-state index contributed by atoms with van der Waals surface area (Å²) in [7, 11) is 0. The van der Waals surface area contributed by atoms with Gasteiger partial charge < -0.3 is 5.11 Å². The van der Waals surface area contributed by atoms with Crippen LogP contribution in [0.2, 0.25) is 10.0 Å². The zero-order valence-electron chi connectivity index (χ0n) is 17.9. The number of carbonyl (C=O) groups is 2. The molecule has 5 nitrogen and oxygen atoms in total. The van der Waals surface area contributed by atoms with E-state index in [1.165, 1.54) is 18.2 Å². The van der Waals surface area contributed by atoms with Crippen LogP contribution in [0.4, 0.5) is 13.9 Å². The second-order valence-electron chi connectivity index (χ2n) is 7.94. The van der Waals surface area contributed by atoms with Gasteiger partial charge in [-0.2, -0.15) is 0 Å². The van der Waals surface area contributed by atoms with Crippen LogP contribution in [0.5, 0.6) is 0 Å². The number of aryl methyl sites for hydroxylation is 1. The highest BCUT2D eigenvalue weighted by atomic mass is 35.5. The minimum atomic E-state index is -1.08. The Balaban J connectivity index is 1.75. The Hall–Kier alpha value is -3.33. The van der Waals surface area contributed by atoms with Gasteiger partial charge in [-0.1, -0.05) is 64.4 Å². The highest BCUT2D eigenvalue weighted by Gasteiger charge is 2.48. The van der Waals surface area contributed by atoms with E-state index in [0.29, 0.717) is 10.3 Å². The predicted molar refractivity (Wildman–Crippen MR) is 132 cm³/mol. The molecule has 2 heterocycles. The number of benzene rings is 3. The average molecular weight is 531 g/mol. The predicted octanol–water partition coefficient (Wildman–Crippen LogP) is 6.82. The summed E-state index contributed by atoms with van der Waals surface area (Å²) in [6.45, 7) is 1.85. The number of ketones is 1. The summed E-state index contributed by atoms with van der Waals surface area (Å²) in [4.78, 5) is 31.9. The minimum Gasteiger partial charge on any atom is -0.507 e. The van der Waals surface area contributed by atoms with Crippen LogP contribution in [0.15, 0.2) is 60.2 Å². The molecule has 1 aromatic heterocycles. The Morgan fingerprint density at radius 3 is 2.49 bits per heavy atom. The largest absolute Gasteiger partial charge is 0.507 e. The SMILES string of the molecule is Cc1cccc(C2/C(=C(\O)c3ccc(Cl)c(Cl)c3)C(=O)C(=O)N2c2nc3cc(F)c(F)cc3s2)c1. The van der Waals surface area contributed by atoms with Gasteiger partial charge in [-0.3, -0.25) is 14.5 Å². The van der Waals surface area contributed by atoms with Crippen molar-refractivity contribution in [2.75, 3.05) is 4.90 Å². The molecule has 10 heteroatoms. The number of rotatable bonds is 3. The number of anilines is 1. The highest BCUT2D eigenvalue weighted by Crippen LogP contribution is 2.45. The minimum absolute atomic E-state index is 0.0618. The maximum atomic E-state index is 13.8. The van der Waals surface area contributed by atoms with Crippen LogP contribution in [0.3, 0.4) is 0 Å². The van der Waals surface area contributed by atoms with Crippen LogP contribution in [-0.4, -0.2) is 21.8 Å². The summed E-state index contributed by atoms with van der Waals surface area (Å²) >= 11 is 13.0. The molecule has 1 amide bonds. The van der Waals surface area contributed by atoms with Crippen molar-refractivity contribution in [2.45, 2.75) is 13.0 Å². The van der Waals surface area contributed by atoms with Crippen LogP contribution >= 0.6 is 34.5 Å². The van der Waals surface area contributed by atoms with Gasteiger partial charge in [0.05, 0.1) is 31.9 Å². The molecule has 1 saturated heterocycles. The lowest BCUT2D eigenvalue weighted by Gasteiger charge is -2.23. The summed E-state index contributed by atoms with van der Waals surface area (Å²) in [5, 5.41) is 11.6. The molecular weight excluding hydrogens is 517 g/mol. The Kier molecular flexibility index (Phi) is 5.83. The lowest BCUT2D eigenvalue weighted by Crippen LogP contribution is -2.29. The number of aromatic nitrogens is 1. The molecule has 1 aliphatic heterocycles. The molecule has 0 aliphatic carbocycles. The number of thiazole rings is 1. The third kappa shape index (κ3) is 3.97. The van der Waals surface area contributed by atoms with E-state index < -0.39 is 35.1 Å². The molecule has 4 aromatic rings. The normalized spacial score (nSPS) is 17.5. The molecule has 0 spiro atoms. The standard InChI is InChI=1S/C25H14Cl2F2N2O3S/c1-11-3-2-4-12(7-11)21-20(22(32)13-5-6-14(26)15(27)8-13)23(33)24(34)31(21)25-30-18-9-16(28)17(29)10-19(18)35-25/h2-10,21,32H,1H3/b22-20+. The number of aliphatic hydroxyl groups excluding tert-OH is 1. The zero-order chi connectivity index (χ0) is 25.0. The molecular formula is C25H14Cl2F2N2O3S. The van der Waals surface area contributed by atoms with Gasteiger partial charge in [-0.25, -0.2) is 13.8 Å². The molecule has 3 aromatic carbocycles. The van der Waals surface area contributed by atoms with Crippen LogP contribution in [0.25, 0.3) is 16.0 Å². The molecule has 176 valence electrons. The number of nitrogens with zero attached hydrogens (tertiary/aromatic N) is 2. The Labute approximate surface area is 211 Å². The smallest absolute Gasteiger partial charge is 0.301 e. The molecule has 1 unspecified atom stereocenters. The molecule has 5 rings (SSSR count). The number of hydrogen-bond acceptors (Lipinski definition) is 5. The van der Waals surface area contributed by atoms with E-state index in [1.807, 2.05) is 13.0 Å². The van der Waals surface area contributed by atoms with Crippen LogP contribution in [0, 0.1) is 18.6 Å². The molecule has 0 radical (unpaired) electrons. The second kappa shape index (κ2) is 8.71. The third-order valence-corrected chi connectivity index (χ3v) is 7.38. The van der Waals surface area contributed by atoms with Gasteiger partial charge in [-0.15, -0.1) is 0 Å². The molecule has 1 N–H and O–H groups in total. The quantitative estimate of drug-likeness (QED) is 0.179. The summed E-state index contributed by atoms with van der Waals surface area (Å²) in [6, 6.07) is 12.3. The van der Waals surface area contributed by atoms with Crippen molar-refractivity contribution in [2.24, 2.45) is 0 Å². The van der Waals surface area contributed by atoms with Crippen molar-refractivity contribution in [3.8, 4) is 0 Å². The van der Waals surface area contributed by atoms with Gasteiger partial charge in [0.15, 0.2) is 16.8 Å². The van der Waals surface area contributed by atoms with E-state index in [-0.39, 0.29) is 31.8 Å². The van der Waals surface area contributed by atoms with Crippen LogP contribution in [0.1, 0.15) is 22.7 Å². The first-order valence-corrected chi connectivity index (χ1v) is 11.8. The fraction of sp³-hybridized carbons (Fsp3) is 0.0800. The summed E-state index contributed by atoms with van der Waals surface area (Å²) in [5.74, 6) is -4.43. The van der Waals surface area contributed by atoms with Crippen LogP contribution in [-0.2, 0) is 9.59 Å².